The number of ether oxygens (including phenoxy) is 1. The zero-order valence-corrected chi connectivity index (χ0v) is 10.4. The molecule has 0 atom stereocenters. The van der Waals surface area contributed by atoms with Crippen molar-refractivity contribution in [2.75, 3.05) is 43.4 Å². The quantitative estimate of drug-likeness (QED) is 0.815. The van der Waals surface area contributed by atoms with E-state index >= 15 is 0 Å². The van der Waals surface area contributed by atoms with Gasteiger partial charge in [0.25, 0.3) is 0 Å². The zero-order chi connectivity index (χ0) is 13.0. The van der Waals surface area contributed by atoms with Gasteiger partial charge in [0.2, 0.25) is 0 Å². The maximum Gasteiger partial charge on any atom is 0.409 e. The molecule has 1 fully saturated rings. The standard InChI is InChI=1S/C11H17N5O2/c1-2-18-11(17)16-5-3-15(4-6-16)10-8-13-7-9(12)14-10/h7-8H,2-6H2,1H3,(H2,12,14). The van der Waals surface area contributed by atoms with Crippen LogP contribution in [0.4, 0.5) is 16.4 Å². The molecular weight excluding hydrogens is 234 g/mol. The number of nitrogen functional groups attached to an aromatic ring is 1. The second-order valence-electron chi connectivity index (χ2n) is 3.98. The zero-order valence-electron chi connectivity index (χ0n) is 10.4. The summed E-state index contributed by atoms with van der Waals surface area (Å²) in [7, 11) is 0. The van der Waals surface area contributed by atoms with Gasteiger partial charge >= 0.3 is 6.09 Å². The Bertz CT molecular complexity index is 418. The van der Waals surface area contributed by atoms with Crippen LogP contribution in [0.25, 0.3) is 0 Å². The van der Waals surface area contributed by atoms with Crippen LogP contribution in [0.1, 0.15) is 6.92 Å². The number of piperazine rings is 1. The summed E-state index contributed by atoms with van der Waals surface area (Å²) in [6, 6.07) is 0. The molecule has 1 aliphatic heterocycles. The molecule has 2 heterocycles. The van der Waals surface area contributed by atoms with Crippen molar-refractivity contribution in [3.63, 3.8) is 0 Å². The SMILES string of the molecule is CCOC(=O)N1CCN(c2cncc(N)n2)CC1. The predicted octanol–water partition coefficient (Wildman–Crippen LogP) is 0.337. The predicted molar refractivity (Wildman–Crippen MR) is 67.3 cm³/mol. The minimum Gasteiger partial charge on any atom is -0.450 e. The van der Waals surface area contributed by atoms with Gasteiger partial charge in [-0.1, -0.05) is 0 Å². The molecule has 98 valence electrons. The Labute approximate surface area is 106 Å². The first-order chi connectivity index (χ1) is 8.70. The monoisotopic (exact) mass is 251 g/mol. The van der Waals surface area contributed by atoms with E-state index in [0.29, 0.717) is 38.6 Å². The van der Waals surface area contributed by atoms with Gasteiger partial charge in [0, 0.05) is 26.2 Å². The maximum atomic E-state index is 11.5. The van der Waals surface area contributed by atoms with Crippen molar-refractivity contribution in [1.29, 1.82) is 0 Å². The Hall–Kier alpha value is -2.05. The molecule has 0 aromatic carbocycles. The van der Waals surface area contributed by atoms with E-state index in [2.05, 4.69) is 14.9 Å². The number of amides is 1. The molecule has 1 aliphatic rings. The number of carbonyl (C=O) groups is 1. The highest BCUT2D eigenvalue weighted by molar-refractivity contribution is 5.68. The van der Waals surface area contributed by atoms with Crippen LogP contribution in [0.3, 0.4) is 0 Å². The van der Waals surface area contributed by atoms with Crippen molar-refractivity contribution in [3.8, 4) is 0 Å². The van der Waals surface area contributed by atoms with E-state index in [1.807, 2.05) is 0 Å². The van der Waals surface area contributed by atoms with Crippen molar-refractivity contribution in [2.24, 2.45) is 0 Å². The van der Waals surface area contributed by atoms with Crippen LogP contribution in [-0.4, -0.2) is 53.7 Å². The number of aromatic nitrogens is 2. The molecule has 0 unspecified atom stereocenters. The van der Waals surface area contributed by atoms with Crippen LogP contribution in [0.15, 0.2) is 12.4 Å². The van der Waals surface area contributed by atoms with E-state index in [1.54, 1.807) is 18.0 Å². The summed E-state index contributed by atoms with van der Waals surface area (Å²) in [6.45, 7) is 4.86. The van der Waals surface area contributed by atoms with E-state index in [0.717, 1.165) is 5.82 Å². The van der Waals surface area contributed by atoms with Crippen LogP contribution < -0.4 is 10.6 Å². The number of nitrogens with zero attached hydrogens (tertiary/aromatic N) is 4. The highest BCUT2D eigenvalue weighted by Gasteiger charge is 2.22. The van der Waals surface area contributed by atoms with Crippen molar-refractivity contribution in [1.82, 2.24) is 14.9 Å². The van der Waals surface area contributed by atoms with Gasteiger partial charge in [-0.2, -0.15) is 0 Å². The van der Waals surface area contributed by atoms with Gasteiger partial charge in [0.1, 0.15) is 11.6 Å². The van der Waals surface area contributed by atoms with Gasteiger partial charge < -0.3 is 20.3 Å². The Morgan fingerprint density at radius 3 is 2.72 bits per heavy atom. The Kier molecular flexibility index (Phi) is 3.81. The molecule has 2 N–H and O–H groups in total. The van der Waals surface area contributed by atoms with E-state index in [9.17, 15) is 4.79 Å². The fourth-order valence-electron chi connectivity index (χ4n) is 1.86. The summed E-state index contributed by atoms with van der Waals surface area (Å²) in [4.78, 5) is 23.5. The van der Waals surface area contributed by atoms with E-state index in [1.165, 1.54) is 6.20 Å². The van der Waals surface area contributed by atoms with Crippen LogP contribution in [0, 0.1) is 0 Å². The van der Waals surface area contributed by atoms with Gasteiger partial charge in [-0.3, -0.25) is 4.98 Å². The summed E-state index contributed by atoms with van der Waals surface area (Å²) in [5.74, 6) is 1.15. The summed E-state index contributed by atoms with van der Waals surface area (Å²) >= 11 is 0. The number of carbonyl (C=O) groups excluding carboxylic acids is 1. The smallest absolute Gasteiger partial charge is 0.409 e. The fraction of sp³-hybridized carbons (Fsp3) is 0.545. The second-order valence-corrected chi connectivity index (χ2v) is 3.98. The summed E-state index contributed by atoms with van der Waals surface area (Å²) < 4.78 is 4.96. The number of hydrogen-bond donors (Lipinski definition) is 1. The molecule has 1 amide bonds. The van der Waals surface area contributed by atoms with Gasteiger partial charge in [-0.05, 0) is 6.92 Å². The highest BCUT2D eigenvalue weighted by atomic mass is 16.6. The molecule has 7 nitrogen and oxygen atoms in total. The third kappa shape index (κ3) is 2.79. The van der Waals surface area contributed by atoms with E-state index in [4.69, 9.17) is 10.5 Å². The number of anilines is 2. The van der Waals surface area contributed by atoms with Crippen molar-refractivity contribution in [2.45, 2.75) is 6.92 Å². The van der Waals surface area contributed by atoms with E-state index < -0.39 is 0 Å². The summed E-state index contributed by atoms with van der Waals surface area (Å²) in [5, 5.41) is 0. The minimum absolute atomic E-state index is 0.254. The van der Waals surface area contributed by atoms with Gasteiger partial charge in [-0.15, -0.1) is 0 Å². The van der Waals surface area contributed by atoms with Crippen molar-refractivity contribution in [3.05, 3.63) is 12.4 Å². The molecule has 7 heteroatoms. The molecule has 1 saturated heterocycles. The lowest BCUT2D eigenvalue weighted by Crippen LogP contribution is -2.49. The van der Waals surface area contributed by atoms with Crippen LogP contribution in [0.2, 0.25) is 0 Å². The van der Waals surface area contributed by atoms with Gasteiger partial charge in [0.05, 0.1) is 19.0 Å². The largest absolute Gasteiger partial charge is 0.450 e. The highest BCUT2D eigenvalue weighted by Crippen LogP contribution is 2.13. The molecule has 1 aromatic heterocycles. The van der Waals surface area contributed by atoms with Crippen molar-refractivity contribution >= 4 is 17.7 Å². The molecule has 1 aromatic rings. The topological polar surface area (TPSA) is 84.6 Å². The summed E-state index contributed by atoms with van der Waals surface area (Å²) in [6.07, 6.45) is 2.94. The van der Waals surface area contributed by atoms with Gasteiger partial charge in [-0.25, -0.2) is 9.78 Å². The number of hydrogen-bond acceptors (Lipinski definition) is 6. The van der Waals surface area contributed by atoms with Crippen molar-refractivity contribution < 1.29 is 9.53 Å². The first kappa shape index (κ1) is 12.4. The lowest BCUT2D eigenvalue weighted by molar-refractivity contribution is 0.105. The van der Waals surface area contributed by atoms with E-state index in [-0.39, 0.29) is 6.09 Å². The normalized spacial score (nSPS) is 15.6. The Morgan fingerprint density at radius 1 is 1.39 bits per heavy atom. The Balaban J connectivity index is 1.92. The molecule has 0 aliphatic carbocycles. The second kappa shape index (κ2) is 5.52. The fourth-order valence-corrected chi connectivity index (χ4v) is 1.86. The minimum atomic E-state index is -0.254. The molecular formula is C11H17N5O2. The third-order valence-corrected chi connectivity index (χ3v) is 2.77. The molecule has 0 bridgehead atoms. The maximum absolute atomic E-state index is 11.5. The lowest BCUT2D eigenvalue weighted by Gasteiger charge is -2.34. The lowest BCUT2D eigenvalue weighted by atomic mass is 10.3. The van der Waals surface area contributed by atoms with Crippen LogP contribution in [0.5, 0.6) is 0 Å². The van der Waals surface area contributed by atoms with Gasteiger partial charge in [0.15, 0.2) is 0 Å². The average Bonchev–Trinajstić information content (AvgIpc) is 2.39. The Morgan fingerprint density at radius 2 is 2.11 bits per heavy atom. The molecule has 2 rings (SSSR count). The number of nitrogens with two attached hydrogens (primary N) is 1. The number of rotatable bonds is 2. The molecule has 18 heavy (non-hydrogen) atoms. The average molecular weight is 251 g/mol. The van der Waals surface area contributed by atoms with Crippen LogP contribution in [-0.2, 0) is 4.74 Å². The summed E-state index contributed by atoms with van der Waals surface area (Å²) in [5.41, 5.74) is 5.60. The van der Waals surface area contributed by atoms with Crippen LogP contribution >= 0.6 is 0 Å². The first-order valence-electron chi connectivity index (χ1n) is 5.95. The first-order valence-corrected chi connectivity index (χ1v) is 5.95. The molecule has 0 radical (unpaired) electrons. The molecule has 0 saturated carbocycles. The molecule has 0 spiro atoms. The third-order valence-electron chi connectivity index (χ3n) is 2.77.